The smallest absolute Gasteiger partial charge is 0.272 e. The normalized spacial score (nSPS) is 26.1. The Morgan fingerprint density at radius 2 is 2.05 bits per heavy atom. The minimum absolute atomic E-state index is 0.107. The van der Waals surface area contributed by atoms with Gasteiger partial charge in [-0.15, -0.1) is 0 Å². The van der Waals surface area contributed by atoms with Crippen LogP contribution >= 0.6 is 0 Å². The van der Waals surface area contributed by atoms with Gasteiger partial charge in [0.25, 0.3) is 5.91 Å². The number of carbonyl (C=O) groups excluding carboxylic acids is 2. The fraction of sp³-hybridized carbons (Fsp3) is 0.667. The molecule has 2 aliphatic rings. The summed E-state index contributed by atoms with van der Waals surface area (Å²) in [7, 11) is 0. The van der Waals surface area contributed by atoms with Crippen LogP contribution in [0.3, 0.4) is 0 Å². The summed E-state index contributed by atoms with van der Waals surface area (Å²) < 4.78 is 0. The summed E-state index contributed by atoms with van der Waals surface area (Å²) in [6, 6.07) is 0.180. The molecule has 1 atom stereocenters. The predicted molar refractivity (Wildman–Crippen MR) is 77.7 cm³/mol. The molecule has 114 valence electrons. The summed E-state index contributed by atoms with van der Waals surface area (Å²) in [6.45, 7) is 5.51. The van der Waals surface area contributed by atoms with Crippen LogP contribution in [-0.2, 0) is 4.79 Å². The number of amides is 2. The highest BCUT2D eigenvalue weighted by molar-refractivity contribution is 5.98. The first-order chi connectivity index (χ1) is 10.1. The number of rotatable bonds is 2. The van der Waals surface area contributed by atoms with Crippen LogP contribution in [0.25, 0.3) is 0 Å². The summed E-state index contributed by atoms with van der Waals surface area (Å²) in [5, 5.41) is 0. The van der Waals surface area contributed by atoms with Gasteiger partial charge in [-0.1, -0.05) is 0 Å². The van der Waals surface area contributed by atoms with Crippen molar-refractivity contribution in [1.29, 1.82) is 0 Å². The van der Waals surface area contributed by atoms with Gasteiger partial charge in [-0.2, -0.15) is 0 Å². The van der Waals surface area contributed by atoms with Crippen LogP contribution < -0.4 is 0 Å². The number of imidazole rings is 1. The Balaban J connectivity index is 1.91. The first kappa shape index (κ1) is 14.1. The topological polar surface area (TPSA) is 69.3 Å². The Bertz CT molecular complexity index is 540. The van der Waals surface area contributed by atoms with E-state index in [0.29, 0.717) is 12.2 Å². The molecule has 2 saturated heterocycles. The summed E-state index contributed by atoms with van der Waals surface area (Å²) in [5.74, 6) is 0.0121. The van der Waals surface area contributed by atoms with Gasteiger partial charge < -0.3 is 14.8 Å². The zero-order valence-corrected chi connectivity index (χ0v) is 12.6. The van der Waals surface area contributed by atoms with E-state index in [2.05, 4.69) is 9.97 Å². The van der Waals surface area contributed by atoms with Gasteiger partial charge in [0, 0.05) is 19.1 Å². The highest BCUT2D eigenvalue weighted by atomic mass is 16.2. The van der Waals surface area contributed by atoms with E-state index >= 15 is 0 Å². The SMILES string of the molecule is CC(C)N1CCCC2(CCCN2C(=O)c2cnc[nH]2)C1=O. The number of likely N-dealkylation sites (tertiary alicyclic amines) is 2. The largest absolute Gasteiger partial charge is 0.341 e. The molecule has 6 nitrogen and oxygen atoms in total. The molecule has 1 aromatic rings. The second-order valence-corrected chi connectivity index (χ2v) is 6.25. The van der Waals surface area contributed by atoms with Gasteiger partial charge in [0.15, 0.2) is 0 Å². The fourth-order valence-corrected chi connectivity index (χ4v) is 3.69. The molecule has 2 aliphatic heterocycles. The van der Waals surface area contributed by atoms with Crippen molar-refractivity contribution >= 4 is 11.8 Å². The van der Waals surface area contributed by atoms with Crippen LogP contribution in [0.1, 0.15) is 50.0 Å². The average molecular weight is 290 g/mol. The number of hydrogen-bond acceptors (Lipinski definition) is 3. The van der Waals surface area contributed by atoms with Crippen LogP contribution in [-0.4, -0.2) is 56.3 Å². The maximum atomic E-state index is 13.0. The molecule has 1 N–H and O–H groups in total. The van der Waals surface area contributed by atoms with Gasteiger partial charge in [-0.3, -0.25) is 9.59 Å². The molecule has 0 aromatic carbocycles. The van der Waals surface area contributed by atoms with E-state index in [1.165, 1.54) is 12.5 Å². The molecule has 21 heavy (non-hydrogen) atoms. The molecule has 3 rings (SSSR count). The summed E-state index contributed by atoms with van der Waals surface area (Å²) in [4.78, 5) is 36.1. The lowest BCUT2D eigenvalue weighted by Crippen LogP contribution is -2.62. The van der Waals surface area contributed by atoms with Crippen molar-refractivity contribution in [3.05, 3.63) is 18.2 Å². The molecular weight excluding hydrogens is 268 g/mol. The highest BCUT2D eigenvalue weighted by Gasteiger charge is 2.53. The predicted octanol–water partition coefficient (Wildman–Crippen LogP) is 1.42. The molecule has 0 radical (unpaired) electrons. The van der Waals surface area contributed by atoms with Gasteiger partial charge in [0.05, 0.1) is 12.5 Å². The number of H-pyrrole nitrogens is 1. The van der Waals surface area contributed by atoms with E-state index in [0.717, 1.165) is 32.2 Å². The van der Waals surface area contributed by atoms with Crippen LogP contribution in [0.15, 0.2) is 12.5 Å². The van der Waals surface area contributed by atoms with E-state index in [1.54, 1.807) is 4.90 Å². The first-order valence-corrected chi connectivity index (χ1v) is 7.68. The molecule has 0 saturated carbocycles. The number of nitrogens with zero attached hydrogens (tertiary/aromatic N) is 3. The van der Waals surface area contributed by atoms with Gasteiger partial charge in [0.1, 0.15) is 11.2 Å². The van der Waals surface area contributed by atoms with E-state index in [1.807, 2.05) is 18.7 Å². The number of hydrogen-bond donors (Lipinski definition) is 1. The molecule has 3 heterocycles. The molecule has 2 amide bonds. The van der Waals surface area contributed by atoms with Crippen LogP contribution in [0.5, 0.6) is 0 Å². The number of carbonyl (C=O) groups is 2. The van der Waals surface area contributed by atoms with Crippen LogP contribution in [0.2, 0.25) is 0 Å². The molecule has 2 fully saturated rings. The Morgan fingerprint density at radius 1 is 1.33 bits per heavy atom. The Labute approximate surface area is 124 Å². The summed E-state index contributed by atoms with van der Waals surface area (Å²) >= 11 is 0. The minimum atomic E-state index is -0.634. The molecule has 1 unspecified atom stereocenters. The van der Waals surface area contributed by atoms with Crippen LogP contribution in [0.4, 0.5) is 0 Å². The van der Waals surface area contributed by atoms with Crippen molar-refractivity contribution in [3.63, 3.8) is 0 Å². The van der Waals surface area contributed by atoms with Gasteiger partial charge >= 0.3 is 0 Å². The van der Waals surface area contributed by atoms with E-state index < -0.39 is 5.54 Å². The maximum absolute atomic E-state index is 13.0. The third-order valence-electron chi connectivity index (χ3n) is 4.73. The van der Waals surface area contributed by atoms with Gasteiger partial charge in [0.2, 0.25) is 5.91 Å². The quantitative estimate of drug-likeness (QED) is 0.895. The summed E-state index contributed by atoms with van der Waals surface area (Å²) in [5.41, 5.74) is -0.171. The summed E-state index contributed by atoms with van der Waals surface area (Å²) in [6.07, 6.45) is 6.42. The third-order valence-corrected chi connectivity index (χ3v) is 4.73. The Morgan fingerprint density at radius 3 is 2.67 bits per heavy atom. The number of aromatic amines is 1. The zero-order chi connectivity index (χ0) is 15.0. The van der Waals surface area contributed by atoms with Crippen molar-refractivity contribution in [2.45, 2.75) is 51.1 Å². The second-order valence-electron chi connectivity index (χ2n) is 6.25. The highest BCUT2D eigenvalue weighted by Crippen LogP contribution is 2.39. The first-order valence-electron chi connectivity index (χ1n) is 7.68. The molecule has 0 aliphatic carbocycles. The molecule has 0 bridgehead atoms. The fourth-order valence-electron chi connectivity index (χ4n) is 3.69. The van der Waals surface area contributed by atoms with Crippen molar-refractivity contribution in [3.8, 4) is 0 Å². The standard InChI is InChI=1S/C15H22N4O2/c1-11(2)18-7-3-5-15(14(18)21)6-4-8-19(15)13(20)12-9-16-10-17-12/h9-11H,3-8H2,1-2H3,(H,16,17). The van der Waals surface area contributed by atoms with E-state index in [9.17, 15) is 9.59 Å². The maximum Gasteiger partial charge on any atom is 0.272 e. The van der Waals surface area contributed by atoms with Crippen molar-refractivity contribution in [1.82, 2.24) is 19.8 Å². The molecule has 1 spiro atoms. The van der Waals surface area contributed by atoms with Gasteiger partial charge in [-0.25, -0.2) is 4.98 Å². The minimum Gasteiger partial charge on any atom is -0.341 e. The van der Waals surface area contributed by atoms with Gasteiger partial charge in [-0.05, 0) is 39.5 Å². The number of aromatic nitrogens is 2. The van der Waals surface area contributed by atoms with Crippen LogP contribution in [0, 0.1) is 0 Å². The third kappa shape index (κ3) is 2.13. The van der Waals surface area contributed by atoms with Crippen molar-refractivity contribution in [2.24, 2.45) is 0 Å². The lowest BCUT2D eigenvalue weighted by Gasteiger charge is -2.45. The Kier molecular flexibility index (Phi) is 3.47. The molecule has 6 heteroatoms. The monoisotopic (exact) mass is 290 g/mol. The lowest BCUT2D eigenvalue weighted by molar-refractivity contribution is -0.147. The van der Waals surface area contributed by atoms with Crippen molar-refractivity contribution < 1.29 is 9.59 Å². The molecule has 1 aromatic heterocycles. The second kappa shape index (κ2) is 5.16. The zero-order valence-electron chi connectivity index (χ0n) is 12.6. The molecular formula is C15H22N4O2. The number of nitrogens with one attached hydrogen (secondary N) is 1. The number of piperidine rings is 1. The Hall–Kier alpha value is -1.85. The lowest BCUT2D eigenvalue weighted by atomic mass is 9.84. The van der Waals surface area contributed by atoms with E-state index in [-0.39, 0.29) is 17.9 Å². The van der Waals surface area contributed by atoms with E-state index in [4.69, 9.17) is 0 Å². The average Bonchev–Trinajstić information content (AvgIpc) is 3.11. The van der Waals surface area contributed by atoms with Crippen molar-refractivity contribution in [2.75, 3.05) is 13.1 Å².